The van der Waals surface area contributed by atoms with Crippen molar-refractivity contribution in [2.45, 2.75) is 0 Å². The Kier molecular flexibility index (Phi) is 9.96. The van der Waals surface area contributed by atoms with Gasteiger partial charge < -0.3 is 15.6 Å². The molecular formula is C7H14N4O2. The Morgan fingerprint density at radius 2 is 1.62 bits per heavy atom. The molecule has 13 heavy (non-hydrogen) atoms. The summed E-state index contributed by atoms with van der Waals surface area (Å²) >= 11 is 0. The molecule has 0 aliphatic rings. The summed E-state index contributed by atoms with van der Waals surface area (Å²) in [6, 6.07) is 0. The van der Waals surface area contributed by atoms with Gasteiger partial charge in [-0.15, -0.1) is 0 Å². The monoisotopic (exact) mass is 186 g/mol. The molecule has 0 amide bonds. The zero-order valence-corrected chi connectivity index (χ0v) is 7.33. The van der Waals surface area contributed by atoms with Crippen LogP contribution in [0.5, 0.6) is 0 Å². The Bertz CT molecular complexity index is 143. The van der Waals surface area contributed by atoms with Crippen molar-refractivity contribution in [1.29, 1.82) is 0 Å². The van der Waals surface area contributed by atoms with Crippen LogP contribution in [0.4, 0.5) is 0 Å². The first-order valence-corrected chi connectivity index (χ1v) is 3.85. The van der Waals surface area contributed by atoms with Crippen molar-refractivity contribution in [2.24, 2.45) is 5.73 Å². The Hall–Kier alpha value is -1.11. The molecule has 3 N–H and O–H groups in total. The topological polar surface area (TPSA) is 94.2 Å². The number of aliphatic hydroxyl groups excluding tert-OH is 1. The van der Waals surface area contributed by atoms with Gasteiger partial charge in [0.1, 0.15) is 19.0 Å². The predicted molar refractivity (Wildman–Crippen MR) is 46.8 cm³/mol. The van der Waals surface area contributed by atoms with Gasteiger partial charge in [0.2, 0.25) is 0 Å². The van der Waals surface area contributed by atoms with Crippen molar-refractivity contribution in [3.8, 4) is 0 Å². The van der Waals surface area contributed by atoms with E-state index in [9.17, 15) is 0 Å². The normalized spacial score (nSPS) is 8.77. The second-order valence-electron chi connectivity index (χ2n) is 1.92. The molecule has 74 valence electrons. The standard InChI is InChI=1S/C4H11NO2.C3H3N3/c5-1-3-7-4-2-6;1-4-2-6-3-5-1/h6H,1-5H2;1-3H. The van der Waals surface area contributed by atoms with Crippen molar-refractivity contribution in [2.75, 3.05) is 26.4 Å². The van der Waals surface area contributed by atoms with Crippen LogP contribution in [0.15, 0.2) is 19.0 Å². The van der Waals surface area contributed by atoms with E-state index in [0.717, 1.165) is 0 Å². The van der Waals surface area contributed by atoms with Gasteiger partial charge in [-0.1, -0.05) is 0 Å². The molecule has 0 bridgehead atoms. The Balaban J connectivity index is 0.000000223. The minimum atomic E-state index is 0.0833. The van der Waals surface area contributed by atoms with E-state index in [1.165, 1.54) is 19.0 Å². The van der Waals surface area contributed by atoms with E-state index in [1.54, 1.807) is 0 Å². The van der Waals surface area contributed by atoms with Crippen molar-refractivity contribution in [1.82, 2.24) is 15.0 Å². The maximum Gasteiger partial charge on any atom is 0.119 e. The molecule has 1 aromatic heterocycles. The molecule has 1 heterocycles. The third-order valence-corrected chi connectivity index (χ3v) is 0.898. The third kappa shape index (κ3) is 10.9. The second kappa shape index (κ2) is 10.9. The first-order valence-electron chi connectivity index (χ1n) is 3.85. The smallest absolute Gasteiger partial charge is 0.119 e. The Labute approximate surface area is 76.8 Å². The van der Waals surface area contributed by atoms with E-state index in [-0.39, 0.29) is 6.61 Å². The summed E-state index contributed by atoms with van der Waals surface area (Å²) < 4.78 is 4.76. The lowest BCUT2D eigenvalue weighted by Gasteiger charge is -1.95. The van der Waals surface area contributed by atoms with Crippen LogP contribution >= 0.6 is 0 Å². The summed E-state index contributed by atoms with van der Waals surface area (Å²) in [6.45, 7) is 1.55. The molecule has 6 nitrogen and oxygen atoms in total. The summed E-state index contributed by atoms with van der Waals surface area (Å²) in [5.74, 6) is 0. The zero-order chi connectivity index (χ0) is 9.78. The Morgan fingerprint density at radius 1 is 1.08 bits per heavy atom. The molecule has 1 rings (SSSR count). The minimum Gasteiger partial charge on any atom is -0.394 e. The van der Waals surface area contributed by atoms with Gasteiger partial charge in [0.05, 0.1) is 19.8 Å². The molecule has 0 spiro atoms. The third-order valence-electron chi connectivity index (χ3n) is 0.898. The minimum absolute atomic E-state index is 0.0833. The van der Waals surface area contributed by atoms with Crippen LogP contribution in [0.1, 0.15) is 0 Å². The van der Waals surface area contributed by atoms with E-state index in [2.05, 4.69) is 15.0 Å². The molecule has 6 heteroatoms. The molecule has 0 fully saturated rings. The molecule has 0 atom stereocenters. The number of ether oxygens (including phenoxy) is 1. The van der Waals surface area contributed by atoms with E-state index in [4.69, 9.17) is 15.6 Å². The maximum atomic E-state index is 8.13. The lowest BCUT2D eigenvalue weighted by molar-refractivity contribution is 0.0976. The van der Waals surface area contributed by atoms with Gasteiger partial charge in [0.25, 0.3) is 0 Å². The summed E-state index contributed by atoms with van der Waals surface area (Å²) in [6.07, 6.45) is 4.31. The number of aromatic nitrogens is 3. The van der Waals surface area contributed by atoms with Gasteiger partial charge in [-0.05, 0) is 0 Å². The molecular weight excluding hydrogens is 172 g/mol. The summed E-state index contributed by atoms with van der Waals surface area (Å²) in [5, 5.41) is 8.13. The second-order valence-corrected chi connectivity index (χ2v) is 1.92. The van der Waals surface area contributed by atoms with Gasteiger partial charge in [-0.2, -0.15) is 0 Å². The first-order chi connectivity index (χ1) is 6.41. The molecule has 0 aromatic carbocycles. The predicted octanol–water partition coefficient (Wildman–Crippen LogP) is -1.17. The van der Waals surface area contributed by atoms with Gasteiger partial charge in [-0.3, -0.25) is 0 Å². The fourth-order valence-corrected chi connectivity index (χ4v) is 0.455. The Morgan fingerprint density at radius 3 is 1.92 bits per heavy atom. The number of nitrogens with zero attached hydrogens (tertiary/aromatic N) is 3. The number of rotatable bonds is 4. The fourth-order valence-electron chi connectivity index (χ4n) is 0.455. The number of aliphatic hydroxyl groups is 1. The highest BCUT2D eigenvalue weighted by atomic mass is 16.5. The lowest BCUT2D eigenvalue weighted by atomic mass is 10.7. The van der Waals surface area contributed by atoms with Gasteiger partial charge >= 0.3 is 0 Å². The highest BCUT2D eigenvalue weighted by Crippen LogP contribution is 1.66. The number of nitrogens with two attached hydrogens (primary N) is 1. The average molecular weight is 186 g/mol. The molecule has 1 aromatic rings. The lowest BCUT2D eigenvalue weighted by Crippen LogP contribution is -2.10. The molecule has 0 aliphatic carbocycles. The molecule has 0 saturated heterocycles. The van der Waals surface area contributed by atoms with Gasteiger partial charge in [0.15, 0.2) is 0 Å². The average Bonchev–Trinajstić information content (AvgIpc) is 2.22. The van der Waals surface area contributed by atoms with Crippen molar-refractivity contribution < 1.29 is 9.84 Å². The highest BCUT2D eigenvalue weighted by Gasteiger charge is 1.78. The van der Waals surface area contributed by atoms with Crippen LogP contribution in [-0.2, 0) is 4.74 Å². The van der Waals surface area contributed by atoms with Crippen LogP contribution in [0.25, 0.3) is 0 Å². The van der Waals surface area contributed by atoms with Crippen LogP contribution in [0, 0.1) is 0 Å². The SMILES string of the molecule is NCCOCCO.c1ncncn1. The summed E-state index contributed by atoms with van der Waals surface area (Å²) in [5.41, 5.74) is 5.06. The number of hydrogen-bond acceptors (Lipinski definition) is 6. The summed E-state index contributed by atoms with van der Waals surface area (Å²) in [4.78, 5) is 10.7. The summed E-state index contributed by atoms with van der Waals surface area (Å²) in [7, 11) is 0. The van der Waals surface area contributed by atoms with Crippen molar-refractivity contribution >= 4 is 0 Å². The van der Waals surface area contributed by atoms with Crippen LogP contribution < -0.4 is 5.73 Å². The van der Waals surface area contributed by atoms with E-state index >= 15 is 0 Å². The van der Waals surface area contributed by atoms with Crippen LogP contribution in [0.2, 0.25) is 0 Å². The molecule has 0 saturated carbocycles. The number of hydrogen-bond donors (Lipinski definition) is 2. The van der Waals surface area contributed by atoms with E-state index < -0.39 is 0 Å². The van der Waals surface area contributed by atoms with E-state index in [1.807, 2.05) is 0 Å². The van der Waals surface area contributed by atoms with Crippen LogP contribution in [0.3, 0.4) is 0 Å². The van der Waals surface area contributed by atoms with Gasteiger partial charge in [0, 0.05) is 6.54 Å². The van der Waals surface area contributed by atoms with Gasteiger partial charge in [-0.25, -0.2) is 15.0 Å². The molecule has 0 unspecified atom stereocenters. The highest BCUT2D eigenvalue weighted by molar-refractivity contribution is 4.51. The molecule has 0 aliphatic heterocycles. The quantitative estimate of drug-likeness (QED) is 0.575. The maximum absolute atomic E-state index is 8.13. The first kappa shape index (κ1) is 11.9. The zero-order valence-electron chi connectivity index (χ0n) is 7.33. The van der Waals surface area contributed by atoms with Crippen LogP contribution in [-0.4, -0.2) is 46.4 Å². The largest absolute Gasteiger partial charge is 0.394 e. The van der Waals surface area contributed by atoms with Crippen molar-refractivity contribution in [3.05, 3.63) is 19.0 Å². The fraction of sp³-hybridized carbons (Fsp3) is 0.571. The molecule has 0 radical (unpaired) electrons. The van der Waals surface area contributed by atoms with E-state index in [0.29, 0.717) is 19.8 Å². The van der Waals surface area contributed by atoms with Crippen molar-refractivity contribution in [3.63, 3.8) is 0 Å².